The van der Waals surface area contributed by atoms with Crippen molar-refractivity contribution in [2.24, 2.45) is 0 Å². The van der Waals surface area contributed by atoms with Crippen LogP contribution in [-0.2, 0) is 12.7 Å². The van der Waals surface area contributed by atoms with Crippen molar-refractivity contribution >= 4 is 5.91 Å². The first-order valence-electron chi connectivity index (χ1n) is 8.14. The molecule has 0 saturated heterocycles. The molecule has 140 valence electrons. The van der Waals surface area contributed by atoms with Gasteiger partial charge in [-0.1, -0.05) is 23.8 Å². The molecule has 2 heterocycles. The standard InChI is InChI=1S/C19H17F3N4O/c1-13-5-7-15(8-6-13)26-17(19(20,21)22)16(11-24-26)18(27)25(2)12-14-4-3-9-23-10-14/h3-11H,12H2,1-2H3. The first-order chi connectivity index (χ1) is 12.8. The zero-order valence-corrected chi connectivity index (χ0v) is 14.7. The Morgan fingerprint density at radius 3 is 2.44 bits per heavy atom. The number of alkyl halides is 3. The maximum atomic E-state index is 13.7. The van der Waals surface area contributed by atoms with Gasteiger partial charge in [0.2, 0.25) is 0 Å². The number of amides is 1. The van der Waals surface area contributed by atoms with Gasteiger partial charge in [0.1, 0.15) is 0 Å². The fraction of sp³-hybridized carbons (Fsp3) is 0.211. The minimum Gasteiger partial charge on any atom is -0.337 e. The van der Waals surface area contributed by atoms with E-state index in [0.717, 1.165) is 16.4 Å². The summed E-state index contributed by atoms with van der Waals surface area (Å²) < 4.78 is 41.9. The predicted octanol–water partition coefficient (Wildman–Crippen LogP) is 3.87. The van der Waals surface area contributed by atoms with Crippen molar-refractivity contribution in [2.75, 3.05) is 7.05 Å². The van der Waals surface area contributed by atoms with Crippen LogP contribution in [0.4, 0.5) is 13.2 Å². The zero-order chi connectivity index (χ0) is 19.6. The maximum absolute atomic E-state index is 13.7. The van der Waals surface area contributed by atoms with Crippen molar-refractivity contribution in [3.8, 4) is 5.69 Å². The second kappa shape index (κ2) is 7.22. The molecule has 0 unspecified atom stereocenters. The van der Waals surface area contributed by atoms with Gasteiger partial charge >= 0.3 is 6.18 Å². The molecule has 27 heavy (non-hydrogen) atoms. The summed E-state index contributed by atoms with van der Waals surface area (Å²) in [5, 5.41) is 3.83. The Balaban J connectivity index is 1.97. The van der Waals surface area contributed by atoms with Gasteiger partial charge in [0, 0.05) is 26.0 Å². The third kappa shape index (κ3) is 3.99. The topological polar surface area (TPSA) is 51.0 Å². The SMILES string of the molecule is Cc1ccc(-n2ncc(C(=O)N(C)Cc3cccnc3)c2C(F)(F)F)cc1. The van der Waals surface area contributed by atoms with Crippen LogP contribution in [-0.4, -0.2) is 32.6 Å². The molecular formula is C19H17F3N4O. The second-order valence-corrected chi connectivity index (χ2v) is 6.17. The molecule has 2 aromatic heterocycles. The highest BCUT2D eigenvalue weighted by Crippen LogP contribution is 2.34. The summed E-state index contributed by atoms with van der Waals surface area (Å²) in [7, 11) is 1.44. The van der Waals surface area contributed by atoms with Gasteiger partial charge in [-0.05, 0) is 30.7 Å². The molecule has 8 heteroatoms. The molecule has 3 aromatic rings. The lowest BCUT2D eigenvalue weighted by molar-refractivity contribution is -0.143. The van der Waals surface area contributed by atoms with E-state index in [1.807, 2.05) is 6.92 Å². The van der Waals surface area contributed by atoms with E-state index in [2.05, 4.69) is 10.1 Å². The summed E-state index contributed by atoms with van der Waals surface area (Å²) in [6.45, 7) is 1.97. The van der Waals surface area contributed by atoms with Gasteiger partial charge in [-0.15, -0.1) is 0 Å². The Bertz CT molecular complexity index is 934. The molecule has 0 aliphatic rings. The smallest absolute Gasteiger partial charge is 0.337 e. The average molecular weight is 374 g/mol. The first kappa shape index (κ1) is 18.6. The molecule has 0 N–H and O–H groups in total. The molecule has 0 fully saturated rings. The van der Waals surface area contributed by atoms with Crippen LogP contribution in [0.15, 0.2) is 55.0 Å². The van der Waals surface area contributed by atoms with Crippen LogP contribution in [0.1, 0.15) is 27.2 Å². The highest BCUT2D eigenvalue weighted by atomic mass is 19.4. The highest BCUT2D eigenvalue weighted by molar-refractivity contribution is 5.95. The normalized spacial score (nSPS) is 11.4. The molecule has 1 amide bonds. The average Bonchev–Trinajstić information content (AvgIpc) is 3.08. The Kier molecular flexibility index (Phi) is 4.98. The van der Waals surface area contributed by atoms with Crippen LogP contribution in [0, 0.1) is 6.92 Å². The fourth-order valence-electron chi connectivity index (χ4n) is 2.70. The molecule has 0 atom stereocenters. The molecule has 3 rings (SSSR count). The number of carbonyl (C=O) groups is 1. The summed E-state index contributed by atoms with van der Waals surface area (Å²) in [6.07, 6.45) is -0.630. The van der Waals surface area contributed by atoms with Gasteiger partial charge in [0.15, 0.2) is 5.69 Å². The van der Waals surface area contributed by atoms with E-state index < -0.39 is 23.3 Å². The third-order valence-electron chi connectivity index (χ3n) is 4.04. The summed E-state index contributed by atoms with van der Waals surface area (Å²) >= 11 is 0. The summed E-state index contributed by atoms with van der Waals surface area (Å²) in [5.41, 5.74) is 0.283. The van der Waals surface area contributed by atoms with Gasteiger partial charge in [-0.25, -0.2) is 4.68 Å². The number of rotatable bonds is 4. The largest absolute Gasteiger partial charge is 0.434 e. The molecule has 0 spiro atoms. The van der Waals surface area contributed by atoms with Crippen LogP contribution >= 0.6 is 0 Å². The lowest BCUT2D eigenvalue weighted by atomic mass is 10.2. The van der Waals surface area contributed by atoms with Crippen LogP contribution in [0.5, 0.6) is 0 Å². The maximum Gasteiger partial charge on any atom is 0.434 e. The molecular weight excluding hydrogens is 357 g/mol. The van der Waals surface area contributed by atoms with Gasteiger partial charge < -0.3 is 4.90 Å². The van der Waals surface area contributed by atoms with E-state index >= 15 is 0 Å². The Labute approximate surface area is 154 Å². The molecule has 0 bridgehead atoms. The Hall–Kier alpha value is -3.16. The molecule has 0 saturated carbocycles. The van der Waals surface area contributed by atoms with E-state index in [9.17, 15) is 18.0 Å². The van der Waals surface area contributed by atoms with Gasteiger partial charge in [0.25, 0.3) is 5.91 Å². The van der Waals surface area contributed by atoms with Crippen LogP contribution < -0.4 is 0 Å². The monoisotopic (exact) mass is 374 g/mol. The summed E-state index contributed by atoms with van der Waals surface area (Å²) in [4.78, 5) is 17.8. The van der Waals surface area contributed by atoms with E-state index in [1.165, 1.54) is 24.1 Å². The number of hydrogen-bond donors (Lipinski definition) is 0. The number of aryl methyl sites for hydroxylation is 1. The molecule has 5 nitrogen and oxygen atoms in total. The van der Waals surface area contributed by atoms with Crippen LogP contribution in [0.25, 0.3) is 5.69 Å². The first-order valence-corrected chi connectivity index (χ1v) is 8.14. The van der Waals surface area contributed by atoms with Crippen molar-refractivity contribution in [1.29, 1.82) is 0 Å². The van der Waals surface area contributed by atoms with E-state index in [0.29, 0.717) is 5.56 Å². The van der Waals surface area contributed by atoms with E-state index in [-0.39, 0.29) is 12.2 Å². The summed E-state index contributed by atoms with van der Waals surface area (Å²) in [5.74, 6) is -0.760. The van der Waals surface area contributed by atoms with Crippen molar-refractivity contribution in [3.05, 3.63) is 77.4 Å². The Morgan fingerprint density at radius 2 is 1.85 bits per heavy atom. The lowest BCUT2D eigenvalue weighted by Crippen LogP contribution is -2.28. The van der Waals surface area contributed by atoms with Gasteiger partial charge in [-0.3, -0.25) is 9.78 Å². The fourth-order valence-corrected chi connectivity index (χ4v) is 2.70. The number of benzene rings is 1. The van der Waals surface area contributed by atoms with Gasteiger partial charge in [-0.2, -0.15) is 18.3 Å². The van der Waals surface area contributed by atoms with Crippen molar-refractivity contribution in [2.45, 2.75) is 19.6 Å². The minimum absolute atomic E-state index is 0.139. The molecule has 0 aliphatic carbocycles. The number of pyridine rings is 1. The lowest BCUT2D eigenvalue weighted by Gasteiger charge is -2.18. The molecule has 0 radical (unpaired) electrons. The second-order valence-electron chi connectivity index (χ2n) is 6.17. The number of hydrogen-bond acceptors (Lipinski definition) is 3. The Morgan fingerprint density at radius 1 is 1.15 bits per heavy atom. The van der Waals surface area contributed by atoms with Gasteiger partial charge in [0.05, 0.1) is 17.4 Å². The molecule has 1 aromatic carbocycles. The van der Waals surface area contributed by atoms with E-state index in [1.54, 1.807) is 36.7 Å². The number of carbonyl (C=O) groups excluding carboxylic acids is 1. The molecule has 0 aliphatic heterocycles. The predicted molar refractivity (Wildman–Crippen MR) is 93.3 cm³/mol. The van der Waals surface area contributed by atoms with Crippen LogP contribution in [0.3, 0.4) is 0 Å². The van der Waals surface area contributed by atoms with Crippen LogP contribution in [0.2, 0.25) is 0 Å². The minimum atomic E-state index is -4.73. The van der Waals surface area contributed by atoms with Crippen molar-refractivity contribution in [1.82, 2.24) is 19.7 Å². The summed E-state index contributed by atoms with van der Waals surface area (Å²) in [6, 6.07) is 9.89. The van der Waals surface area contributed by atoms with Crippen molar-refractivity contribution < 1.29 is 18.0 Å². The number of nitrogens with zero attached hydrogens (tertiary/aromatic N) is 4. The number of halogens is 3. The third-order valence-corrected chi connectivity index (χ3v) is 4.04. The van der Waals surface area contributed by atoms with E-state index in [4.69, 9.17) is 0 Å². The number of aromatic nitrogens is 3. The van der Waals surface area contributed by atoms with Crippen molar-refractivity contribution in [3.63, 3.8) is 0 Å². The quantitative estimate of drug-likeness (QED) is 0.697. The zero-order valence-electron chi connectivity index (χ0n) is 14.7. The highest BCUT2D eigenvalue weighted by Gasteiger charge is 2.41.